The summed E-state index contributed by atoms with van der Waals surface area (Å²) in [5.74, 6) is 0.247. The number of rotatable bonds is 2. The van der Waals surface area contributed by atoms with Crippen LogP contribution in [0, 0.1) is 5.92 Å². The van der Waals surface area contributed by atoms with E-state index in [1.54, 1.807) is 0 Å². The zero-order valence-corrected chi connectivity index (χ0v) is 15.5. The molecule has 0 radical (unpaired) electrons. The molecule has 1 aromatic carbocycles. The lowest BCUT2D eigenvalue weighted by atomic mass is 9.75. The molecule has 138 valence electrons. The third kappa shape index (κ3) is 2.28. The maximum Gasteiger partial charge on any atom is 0.317 e. The normalized spacial score (nSPS) is 28.7. The van der Waals surface area contributed by atoms with Crippen molar-refractivity contribution in [2.75, 3.05) is 13.1 Å². The van der Waals surface area contributed by atoms with E-state index in [-0.39, 0.29) is 11.9 Å². The van der Waals surface area contributed by atoms with E-state index in [9.17, 15) is 9.90 Å². The smallest absolute Gasteiger partial charge is 0.317 e. The van der Waals surface area contributed by atoms with Crippen LogP contribution in [0.15, 0.2) is 18.3 Å². The molecule has 1 saturated carbocycles. The highest BCUT2D eigenvalue weighted by molar-refractivity contribution is 6.31. The van der Waals surface area contributed by atoms with Gasteiger partial charge in [0.1, 0.15) is 6.10 Å². The Labute approximate surface area is 157 Å². The van der Waals surface area contributed by atoms with Gasteiger partial charge in [-0.05, 0) is 50.7 Å². The van der Waals surface area contributed by atoms with Gasteiger partial charge in [0.25, 0.3) is 0 Å². The zero-order chi connectivity index (χ0) is 18.1. The Morgan fingerprint density at radius 2 is 2.04 bits per heavy atom. The van der Waals surface area contributed by atoms with Gasteiger partial charge in [-0.25, -0.2) is 4.79 Å². The van der Waals surface area contributed by atoms with Crippen molar-refractivity contribution in [1.82, 2.24) is 20.0 Å². The monoisotopic (exact) mass is 374 g/mol. The minimum Gasteiger partial charge on any atom is -0.386 e. The fourth-order valence-corrected chi connectivity index (χ4v) is 4.96. The molecule has 2 aromatic rings. The molecule has 26 heavy (non-hydrogen) atoms. The van der Waals surface area contributed by atoms with Crippen LogP contribution in [-0.2, 0) is 5.54 Å². The number of aromatic nitrogens is 2. The van der Waals surface area contributed by atoms with Gasteiger partial charge in [0.05, 0.1) is 17.3 Å². The van der Waals surface area contributed by atoms with Gasteiger partial charge in [0, 0.05) is 35.1 Å². The standard InChI is InChI=1S/C19H23ClN4O2/c1-19(12-4-6-23(7-5-12)18(26)22-14-2-3-14)17(25)15-9-13(20)8-11-10-21-24(19)16(11)15/h8-10,12,14,17,25H,2-7H2,1H3,(H,22,26)/t17-,19?/m1/s1. The molecule has 3 heterocycles. The topological polar surface area (TPSA) is 70.4 Å². The average Bonchev–Trinajstić information content (AvgIpc) is 3.30. The number of hydrogen-bond acceptors (Lipinski definition) is 3. The Balaban J connectivity index is 1.39. The number of hydrogen-bond donors (Lipinski definition) is 2. The van der Waals surface area contributed by atoms with Crippen molar-refractivity contribution in [3.8, 4) is 0 Å². The molecule has 0 spiro atoms. The molecular weight excluding hydrogens is 352 g/mol. The van der Waals surface area contributed by atoms with Crippen LogP contribution >= 0.6 is 11.6 Å². The fraction of sp³-hybridized carbons (Fsp3) is 0.579. The summed E-state index contributed by atoms with van der Waals surface area (Å²) < 4.78 is 1.99. The number of likely N-dealkylation sites (tertiary alicyclic amines) is 1. The van der Waals surface area contributed by atoms with E-state index in [1.165, 1.54) is 0 Å². The predicted molar refractivity (Wildman–Crippen MR) is 99.2 cm³/mol. The summed E-state index contributed by atoms with van der Waals surface area (Å²) in [6.45, 7) is 3.52. The van der Waals surface area contributed by atoms with Crippen LogP contribution in [0.2, 0.25) is 5.02 Å². The summed E-state index contributed by atoms with van der Waals surface area (Å²) in [5, 5.41) is 20.4. The van der Waals surface area contributed by atoms with Gasteiger partial charge >= 0.3 is 6.03 Å². The third-order valence-electron chi connectivity index (χ3n) is 6.48. The van der Waals surface area contributed by atoms with E-state index in [0.29, 0.717) is 24.2 Å². The molecule has 1 unspecified atom stereocenters. The number of urea groups is 1. The Kier molecular flexibility index (Phi) is 3.53. The van der Waals surface area contributed by atoms with Crippen LogP contribution in [0.3, 0.4) is 0 Å². The van der Waals surface area contributed by atoms with E-state index in [1.807, 2.05) is 27.9 Å². The van der Waals surface area contributed by atoms with Gasteiger partial charge < -0.3 is 15.3 Å². The van der Waals surface area contributed by atoms with Crippen LogP contribution in [0.4, 0.5) is 4.79 Å². The lowest BCUT2D eigenvalue weighted by molar-refractivity contribution is -0.0116. The first-order chi connectivity index (χ1) is 12.5. The number of benzene rings is 1. The lowest BCUT2D eigenvalue weighted by Gasteiger charge is -2.42. The number of aliphatic hydroxyl groups is 1. The first-order valence-corrected chi connectivity index (χ1v) is 9.77. The largest absolute Gasteiger partial charge is 0.386 e. The number of piperidine rings is 1. The second-order valence-electron chi connectivity index (χ2n) is 8.10. The molecule has 2 amide bonds. The second kappa shape index (κ2) is 5.60. The number of carbonyl (C=O) groups is 1. The molecule has 2 atom stereocenters. The van der Waals surface area contributed by atoms with Gasteiger partial charge in [-0.2, -0.15) is 5.10 Å². The van der Waals surface area contributed by atoms with E-state index < -0.39 is 11.6 Å². The summed E-state index contributed by atoms with van der Waals surface area (Å²) in [4.78, 5) is 14.2. The van der Waals surface area contributed by atoms with Gasteiger partial charge in [-0.3, -0.25) is 4.68 Å². The molecular formula is C19H23ClN4O2. The van der Waals surface area contributed by atoms with Crippen LogP contribution < -0.4 is 5.32 Å². The second-order valence-corrected chi connectivity index (χ2v) is 8.54. The summed E-state index contributed by atoms with van der Waals surface area (Å²) >= 11 is 6.23. The van der Waals surface area contributed by atoms with Crippen LogP contribution in [0.25, 0.3) is 10.9 Å². The summed E-state index contributed by atoms with van der Waals surface area (Å²) in [7, 11) is 0. The van der Waals surface area contributed by atoms with Crippen molar-refractivity contribution in [3.05, 3.63) is 28.9 Å². The van der Waals surface area contributed by atoms with Gasteiger partial charge in [-0.1, -0.05) is 11.6 Å². The van der Waals surface area contributed by atoms with Crippen LogP contribution in [0.5, 0.6) is 0 Å². The third-order valence-corrected chi connectivity index (χ3v) is 6.69. The Hall–Kier alpha value is -1.79. The molecule has 2 N–H and O–H groups in total. The Morgan fingerprint density at radius 3 is 2.73 bits per heavy atom. The molecule has 0 bridgehead atoms. The molecule has 3 aliphatic rings. The van der Waals surface area contributed by atoms with E-state index in [2.05, 4.69) is 17.3 Å². The predicted octanol–water partition coefficient (Wildman–Crippen LogP) is 3.04. The maximum atomic E-state index is 12.3. The molecule has 1 saturated heterocycles. The molecule has 6 nitrogen and oxygen atoms in total. The molecule has 5 rings (SSSR count). The highest BCUT2D eigenvalue weighted by Crippen LogP contribution is 2.51. The van der Waals surface area contributed by atoms with Crippen LogP contribution in [0.1, 0.15) is 44.3 Å². The van der Waals surface area contributed by atoms with Crippen molar-refractivity contribution >= 4 is 28.5 Å². The SMILES string of the molecule is CC1(C2CCN(C(=O)NC3CC3)CC2)[C@H](O)c2cc(Cl)cc3cnn1c23. The number of nitrogens with zero attached hydrogens (tertiary/aromatic N) is 3. The van der Waals surface area contributed by atoms with Crippen molar-refractivity contribution in [3.63, 3.8) is 0 Å². The average molecular weight is 375 g/mol. The fourth-order valence-electron chi connectivity index (χ4n) is 4.72. The van der Waals surface area contributed by atoms with E-state index >= 15 is 0 Å². The number of aliphatic hydroxyl groups excluding tert-OH is 1. The van der Waals surface area contributed by atoms with Crippen LogP contribution in [-0.4, -0.2) is 44.9 Å². The molecule has 1 aliphatic carbocycles. The maximum absolute atomic E-state index is 12.3. The van der Waals surface area contributed by atoms with Gasteiger partial charge in [-0.15, -0.1) is 0 Å². The molecule has 7 heteroatoms. The van der Waals surface area contributed by atoms with Crippen molar-refractivity contribution < 1.29 is 9.90 Å². The lowest BCUT2D eigenvalue weighted by Crippen LogP contribution is -2.50. The minimum absolute atomic E-state index is 0.0552. The van der Waals surface area contributed by atoms with Crippen molar-refractivity contribution in [2.45, 2.75) is 50.3 Å². The summed E-state index contributed by atoms with van der Waals surface area (Å²) in [5.41, 5.74) is 1.34. The first kappa shape index (κ1) is 16.4. The number of nitrogens with one attached hydrogen (secondary N) is 1. The van der Waals surface area contributed by atoms with Gasteiger partial charge in [0.15, 0.2) is 0 Å². The quantitative estimate of drug-likeness (QED) is 0.848. The number of carbonyl (C=O) groups excluding carboxylic acids is 1. The number of amides is 2. The van der Waals surface area contributed by atoms with E-state index in [4.69, 9.17) is 11.6 Å². The zero-order valence-electron chi connectivity index (χ0n) is 14.8. The van der Waals surface area contributed by atoms with Crippen molar-refractivity contribution in [1.29, 1.82) is 0 Å². The Bertz CT molecular complexity index is 885. The number of halogens is 1. The highest BCUT2D eigenvalue weighted by Gasteiger charge is 2.50. The van der Waals surface area contributed by atoms with Crippen molar-refractivity contribution in [2.24, 2.45) is 5.92 Å². The molecule has 1 aromatic heterocycles. The molecule has 2 aliphatic heterocycles. The highest BCUT2D eigenvalue weighted by atomic mass is 35.5. The minimum atomic E-state index is -0.635. The summed E-state index contributed by atoms with van der Waals surface area (Å²) in [6, 6.07) is 4.19. The van der Waals surface area contributed by atoms with E-state index in [0.717, 1.165) is 42.1 Å². The first-order valence-electron chi connectivity index (χ1n) is 9.39. The summed E-state index contributed by atoms with van der Waals surface area (Å²) in [6.07, 6.45) is 5.10. The Morgan fingerprint density at radius 1 is 1.31 bits per heavy atom. The molecule has 2 fully saturated rings. The van der Waals surface area contributed by atoms with Gasteiger partial charge in [0.2, 0.25) is 0 Å².